The van der Waals surface area contributed by atoms with Crippen molar-refractivity contribution >= 4 is 11.8 Å². The number of hydrogen-bond acceptors (Lipinski definition) is 4. The van der Waals surface area contributed by atoms with E-state index in [1.54, 1.807) is 12.1 Å². The van der Waals surface area contributed by atoms with Crippen molar-refractivity contribution in [1.82, 2.24) is 10.2 Å². The van der Waals surface area contributed by atoms with Crippen LogP contribution in [0.5, 0.6) is 0 Å². The van der Waals surface area contributed by atoms with E-state index in [-0.39, 0.29) is 31.3 Å². The molecule has 1 fully saturated rings. The predicted octanol–water partition coefficient (Wildman–Crippen LogP) is 0.323. The smallest absolute Gasteiger partial charge is 0.253 e. The lowest BCUT2D eigenvalue weighted by Gasteiger charge is -2.42. The van der Waals surface area contributed by atoms with Gasteiger partial charge < -0.3 is 20.4 Å². The molecule has 6 heteroatoms. The summed E-state index contributed by atoms with van der Waals surface area (Å²) < 4.78 is 0. The summed E-state index contributed by atoms with van der Waals surface area (Å²) in [6.45, 7) is 3.77. The van der Waals surface area contributed by atoms with Gasteiger partial charge in [-0.1, -0.05) is 19.1 Å². The average molecular weight is 320 g/mol. The number of β-amino-alcohol motifs (C(OH)–C–C–N with tert-alkyl or cyclic N) is 1. The van der Waals surface area contributed by atoms with E-state index in [0.717, 1.165) is 12.0 Å². The van der Waals surface area contributed by atoms with Crippen molar-refractivity contribution in [1.29, 1.82) is 0 Å². The quantitative estimate of drug-likeness (QED) is 0.745. The van der Waals surface area contributed by atoms with Crippen molar-refractivity contribution in [3.8, 4) is 0 Å². The summed E-state index contributed by atoms with van der Waals surface area (Å²) in [6.07, 6.45) is 0.0299. The molecule has 2 atom stereocenters. The number of rotatable bonds is 4. The Morgan fingerprint density at radius 2 is 2.00 bits per heavy atom. The first kappa shape index (κ1) is 17.4. The monoisotopic (exact) mass is 320 g/mol. The van der Waals surface area contributed by atoms with Crippen LogP contribution >= 0.6 is 0 Å². The van der Waals surface area contributed by atoms with Crippen LogP contribution < -0.4 is 5.32 Å². The maximum atomic E-state index is 12.5. The zero-order valence-corrected chi connectivity index (χ0v) is 13.6. The summed E-state index contributed by atoms with van der Waals surface area (Å²) in [6, 6.07) is 7.40. The number of aryl methyl sites for hydroxylation is 1. The van der Waals surface area contributed by atoms with Crippen LogP contribution in [-0.2, 0) is 11.2 Å². The Hall–Kier alpha value is -1.92. The predicted molar refractivity (Wildman–Crippen MR) is 86.0 cm³/mol. The van der Waals surface area contributed by atoms with Gasteiger partial charge in [-0.15, -0.1) is 0 Å². The number of benzene rings is 1. The number of amides is 2. The van der Waals surface area contributed by atoms with Crippen molar-refractivity contribution in [2.75, 3.05) is 19.6 Å². The highest BCUT2D eigenvalue weighted by atomic mass is 16.3. The molecule has 0 aliphatic carbocycles. The summed E-state index contributed by atoms with van der Waals surface area (Å²) in [4.78, 5) is 25.0. The highest BCUT2D eigenvalue weighted by molar-refractivity contribution is 5.94. The SMILES string of the molecule is CCc1ccc(C(=O)N2CC[C@@](O)(CNC(C)=O)[C@H](O)C2)cc1. The standard InChI is InChI=1S/C17H24N2O4/c1-3-13-4-6-14(7-5-13)16(22)19-9-8-17(23,15(21)10-19)11-18-12(2)20/h4-7,15,21,23H,3,8-11H2,1-2H3,(H,18,20)/t15-,17-/m1/s1. The molecule has 1 saturated heterocycles. The van der Waals surface area contributed by atoms with Crippen molar-refractivity contribution in [3.63, 3.8) is 0 Å². The first-order chi connectivity index (χ1) is 10.9. The first-order valence-corrected chi connectivity index (χ1v) is 7.89. The Morgan fingerprint density at radius 3 is 2.52 bits per heavy atom. The molecule has 1 aromatic rings. The van der Waals surface area contributed by atoms with E-state index in [9.17, 15) is 19.8 Å². The second-order valence-electron chi connectivity index (χ2n) is 6.08. The Labute approximate surface area is 136 Å². The zero-order chi connectivity index (χ0) is 17.0. The van der Waals surface area contributed by atoms with E-state index < -0.39 is 11.7 Å². The van der Waals surface area contributed by atoms with Crippen LogP contribution in [0.3, 0.4) is 0 Å². The Morgan fingerprint density at radius 1 is 1.35 bits per heavy atom. The largest absolute Gasteiger partial charge is 0.388 e. The molecule has 1 aliphatic heterocycles. The molecule has 1 aliphatic rings. The Kier molecular flexibility index (Phi) is 5.38. The molecule has 0 radical (unpaired) electrons. The molecule has 0 spiro atoms. The minimum absolute atomic E-state index is 0.0171. The maximum absolute atomic E-state index is 12.5. The summed E-state index contributed by atoms with van der Waals surface area (Å²) in [7, 11) is 0. The normalized spacial score (nSPS) is 24.3. The van der Waals surface area contributed by atoms with Gasteiger partial charge in [0.05, 0.1) is 0 Å². The Bertz CT molecular complexity index is 572. The van der Waals surface area contributed by atoms with Gasteiger partial charge in [-0.25, -0.2) is 0 Å². The molecule has 1 heterocycles. The molecule has 23 heavy (non-hydrogen) atoms. The summed E-state index contributed by atoms with van der Waals surface area (Å²) in [5.41, 5.74) is 0.334. The first-order valence-electron chi connectivity index (χ1n) is 7.89. The molecule has 0 bridgehead atoms. The molecular weight excluding hydrogens is 296 g/mol. The number of hydrogen-bond donors (Lipinski definition) is 3. The van der Waals surface area contributed by atoms with Crippen LogP contribution in [0.2, 0.25) is 0 Å². The molecule has 1 aromatic carbocycles. The average Bonchev–Trinajstić information content (AvgIpc) is 2.55. The lowest BCUT2D eigenvalue weighted by atomic mass is 9.88. The van der Waals surface area contributed by atoms with Crippen LogP contribution in [-0.4, -0.2) is 58.3 Å². The third kappa shape index (κ3) is 4.09. The van der Waals surface area contributed by atoms with E-state index in [2.05, 4.69) is 5.32 Å². The van der Waals surface area contributed by atoms with Crippen LogP contribution in [0.15, 0.2) is 24.3 Å². The second-order valence-corrected chi connectivity index (χ2v) is 6.08. The summed E-state index contributed by atoms with van der Waals surface area (Å²) >= 11 is 0. The summed E-state index contributed by atoms with van der Waals surface area (Å²) in [5, 5.41) is 23.1. The fraction of sp³-hybridized carbons (Fsp3) is 0.529. The lowest BCUT2D eigenvalue weighted by molar-refractivity contribution is -0.127. The molecule has 0 aromatic heterocycles. The second kappa shape index (κ2) is 7.10. The van der Waals surface area contributed by atoms with Gasteiger partial charge in [0.2, 0.25) is 5.91 Å². The third-order valence-corrected chi connectivity index (χ3v) is 4.37. The minimum atomic E-state index is -1.39. The van der Waals surface area contributed by atoms with Crippen LogP contribution in [0, 0.1) is 0 Å². The van der Waals surface area contributed by atoms with Gasteiger partial charge in [0.15, 0.2) is 0 Å². The van der Waals surface area contributed by atoms with E-state index in [1.807, 2.05) is 19.1 Å². The van der Waals surface area contributed by atoms with Gasteiger partial charge in [-0.2, -0.15) is 0 Å². The van der Waals surface area contributed by atoms with E-state index in [1.165, 1.54) is 11.8 Å². The lowest BCUT2D eigenvalue weighted by Crippen LogP contribution is -2.61. The number of carbonyl (C=O) groups excluding carboxylic acids is 2. The van der Waals surface area contributed by atoms with E-state index in [4.69, 9.17) is 0 Å². The van der Waals surface area contributed by atoms with Gasteiger partial charge in [0.25, 0.3) is 5.91 Å². The van der Waals surface area contributed by atoms with Crippen molar-refractivity contribution in [2.45, 2.75) is 38.4 Å². The molecular formula is C17H24N2O4. The minimum Gasteiger partial charge on any atom is -0.388 e. The maximum Gasteiger partial charge on any atom is 0.253 e. The third-order valence-electron chi connectivity index (χ3n) is 4.37. The number of likely N-dealkylation sites (tertiary alicyclic amines) is 1. The number of nitrogens with zero attached hydrogens (tertiary/aromatic N) is 1. The molecule has 3 N–H and O–H groups in total. The van der Waals surface area contributed by atoms with E-state index in [0.29, 0.717) is 12.1 Å². The number of aliphatic hydroxyl groups is 2. The van der Waals surface area contributed by atoms with Crippen molar-refractivity contribution in [2.24, 2.45) is 0 Å². The van der Waals surface area contributed by atoms with Gasteiger partial charge in [-0.05, 0) is 30.5 Å². The molecule has 6 nitrogen and oxygen atoms in total. The molecule has 2 amide bonds. The molecule has 126 valence electrons. The molecule has 0 saturated carbocycles. The van der Waals surface area contributed by atoms with Crippen LogP contribution in [0.4, 0.5) is 0 Å². The number of nitrogens with one attached hydrogen (secondary N) is 1. The number of piperidine rings is 1. The zero-order valence-electron chi connectivity index (χ0n) is 13.6. The van der Waals surface area contributed by atoms with Crippen LogP contribution in [0.1, 0.15) is 36.2 Å². The van der Waals surface area contributed by atoms with Crippen molar-refractivity contribution in [3.05, 3.63) is 35.4 Å². The summed E-state index contributed by atoms with van der Waals surface area (Å²) in [5.74, 6) is -0.423. The highest BCUT2D eigenvalue weighted by Gasteiger charge is 2.42. The van der Waals surface area contributed by atoms with Gasteiger partial charge in [0.1, 0.15) is 11.7 Å². The van der Waals surface area contributed by atoms with Gasteiger partial charge in [0, 0.05) is 32.1 Å². The van der Waals surface area contributed by atoms with Gasteiger partial charge in [-0.3, -0.25) is 9.59 Å². The van der Waals surface area contributed by atoms with Crippen LogP contribution in [0.25, 0.3) is 0 Å². The molecule has 2 rings (SSSR count). The highest BCUT2D eigenvalue weighted by Crippen LogP contribution is 2.23. The van der Waals surface area contributed by atoms with Crippen molar-refractivity contribution < 1.29 is 19.8 Å². The number of aliphatic hydroxyl groups excluding tert-OH is 1. The van der Waals surface area contributed by atoms with E-state index >= 15 is 0 Å². The van der Waals surface area contributed by atoms with Gasteiger partial charge >= 0.3 is 0 Å². The topological polar surface area (TPSA) is 89.9 Å². The number of carbonyl (C=O) groups is 2. The molecule has 0 unspecified atom stereocenters. The Balaban J connectivity index is 2.01. The fourth-order valence-electron chi connectivity index (χ4n) is 2.70. The fourth-order valence-corrected chi connectivity index (χ4v) is 2.70.